The number of carbonyl (C=O) groups excluding carboxylic acids is 1. The van der Waals surface area contributed by atoms with Gasteiger partial charge in [0.15, 0.2) is 11.2 Å². The standard InChI is InChI=1S/C27H25N3O7S/c1-27(17-36-38(3,32)33)26(31)24(25(37-27)19-8-10-21(34-2)11-9-19)18-6-12-22(13-7-18)35-16-20-15-30-23(29-20)5-4-14-28-30/h4-15H,16-17H2,1-3H3. The van der Waals surface area contributed by atoms with E-state index in [1.165, 1.54) is 6.92 Å². The van der Waals surface area contributed by atoms with Crippen LogP contribution in [0.1, 0.15) is 23.7 Å². The third-order valence-electron chi connectivity index (χ3n) is 5.98. The average Bonchev–Trinajstić information content (AvgIpc) is 3.45. The fourth-order valence-corrected chi connectivity index (χ4v) is 4.48. The van der Waals surface area contributed by atoms with Gasteiger partial charge in [-0.2, -0.15) is 13.5 Å². The molecule has 196 valence electrons. The van der Waals surface area contributed by atoms with Crippen LogP contribution in [0.2, 0.25) is 0 Å². The van der Waals surface area contributed by atoms with Gasteiger partial charge in [-0.3, -0.25) is 8.98 Å². The normalized spacial score (nSPS) is 17.6. The van der Waals surface area contributed by atoms with E-state index in [1.54, 1.807) is 72.5 Å². The maximum absolute atomic E-state index is 13.6. The van der Waals surface area contributed by atoms with Crippen LogP contribution in [-0.4, -0.2) is 54.4 Å². The van der Waals surface area contributed by atoms with Gasteiger partial charge in [0, 0.05) is 11.8 Å². The van der Waals surface area contributed by atoms with E-state index in [0.29, 0.717) is 34.0 Å². The van der Waals surface area contributed by atoms with Crippen LogP contribution in [0.5, 0.6) is 11.5 Å². The maximum Gasteiger partial charge on any atom is 0.264 e. The van der Waals surface area contributed by atoms with E-state index < -0.39 is 28.1 Å². The highest BCUT2D eigenvalue weighted by molar-refractivity contribution is 7.86. The SMILES string of the molecule is COc1ccc(C2=C(c3ccc(OCc4cn5ncccc5n4)cc3)C(=O)C(C)(COS(C)(=O)=O)O2)cc1. The molecule has 0 radical (unpaired) electrons. The van der Waals surface area contributed by atoms with E-state index in [4.69, 9.17) is 18.4 Å². The molecule has 2 aromatic carbocycles. The minimum absolute atomic E-state index is 0.242. The minimum atomic E-state index is -3.78. The van der Waals surface area contributed by atoms with Crippen LogP contribution in [0.4, 0.5) is 0 Å². The molecule has 0 amide bonds. The summed E-state index contributed by atoms with van der Waals surface area (Å²) >= 11 is 0. The van der Waals surface area contributed by atoms with Gasteiger partial charge in [-0.05, 0) is 61.0 Å². The Hall–Kier alpha value is -4.22. The summed E-state index contributed by atoms with van der Waals surface area (Å²) in [5, 5.41) is 4.20. The highest BCUT2D eigenvalue weighted by Crippen LogP contribution is 2.42. The number of benzene rings is 2. The quantitative estimate of drug-likeness (QED) is 0.297. The van der Waals surface area contributed by atoms with Crippen LogP contribution in [0.15, 0.2) is 73.1 Å². The monoisotopic (exact) mass is 535 g/mol. The topological polar surface area (TPSA) is 118 Å². The first-order chi connectivity index (χ1) is 18.1. The fraction of sp³-hybridized carbons (Fsp3) is 0.222. The van der Waals surface area contributed by atoms with Crippen molar-refractivity contribution in [3.8, 4) is 11.5 Å². The van der Waals surface area contributed by atoms with Crippen molar-refractivity contribution in [2.24, 2.45) is 0 Å². The molecule has 0 N–H and O–H groups in total. The number of aromatic nitrogens is 3. The molecule has 3 heterocycles. The zero-order valence-electron chi connectivity index (χ0n) is 21.0. The van der Waals surface area contributed by atoms with Gasteiger partial charge in [0.25, 0.3) is 10.1 Å². The number of ketones is 1. The van der Waals surface area contributed by atoms with Crippen molar-refractivity contribution >= 4 is 32.9 Å². The molecule has 4 aromatic rings. The molecule has 1 aliphatic rings. The van der Waals surface area contributed by atoms with Crippen molar-refractivity contribution in [3.05, 3.63) is 89.9 Å². The number of hydrogen-bond acceptors (Lipinski definition) is 9. The molecule has 5 rings (SSSR count). The van der Waals surface area contributed by atoms with E-state index in [2.05, 4.69) is 10.1 Å². The molecule has 0 saturated heterocycles. The Morgan fingerprint density at radius 1 is 1.00 bits per heavy atom. The molecule has 0 aliphatic carbocycles. The van der Waals surface area contributed by atoms with Crippen molar-refractivity contribution in [2.75, 3.05) is 20.0 Å². The molecule has 0 spiro atoms. The van der Waals surface area contributed by atoms with Gasteiger partial charge >= 0.3 is 0 Å². The van der Waals surface area contributed by atoms with Gasteiger partial charge in [-0.25, -0.2) is 9.50 Å². The number of nitrogens with zero attached hydrogens (tertiary/aromatic N) is 3. The smallest absolute Gasteiger partial charge is 0.264 e. The molecule has 0 bridgehead atoms. The molecule has 2 aromatic heterocycles. The second-order valence-electron chi connectivity index (χ2n) is 8.93. The lowest BCUT2D eigenvalue weighted by molar-refractivity contribution is -0.128. The molecule has 0 saturated carbocycles. The Kier molecular flexibility index (Phi) is 6.64. The minimum Gasteiger partial charge on any atom is -0.497 e. The van der Waals surface area contributed by atoms with Crippen LogP contribution in [-0.2, 0) is 30.4 Å². The van der Waals surface area contributed by atoms with Gasteiger partial charge in [0.2, 0.25) is 5.78 Å². The number of fused-ring (bicyclic) bond motifs is 1. The fourth-order valence-electron chi connectivity index (χ4n) is 4.04. The summed E-state index contributed by atoms with van der Waals surface area (Å²) in [5.74, 6) is 1.16. The Morgan fingerprint density at radius 3 is 2.34 bits per heavy atom. The summed E-state index contributed by atoms with van der Waals surface area (Å²) in [6.45, 7) is 1.30. The molecule has 38 heavy (non-hydrogen) atoms. The summed E-state index contributed by atoms with van der Waals surface area (Å²) in [6.07, 6.45) is 4.40. The van der Waals surface area contributed by atoms with Gasteiger partial charge < -0.3 is 14.2 Å². The Morgan fingerprint density at radius 2 is 1.68 bits per heavy atom. The summed E-state index contributed by atoms with van der Waals surface area (Å²) in [7, 11) is -2.22. The highest BCUT2D eigenvalue weighted by atomic mass is 32.2. The molecule has 0 fully saturated rings. The average molecular weight is 536 g/mol. The number of carbonyl (C=O) groups is 1. The van der Waals surface area contributed by atoms with Gasteiger partial charge in [-0.1, -0.05) is 12.1 Å². The molecular weight excluding hydrogens is 510 g/mol. The second-order valence-corrected chi connectivity index (χ2v) is 10.6. The zero-order chi connectivity index (χ0) is 26.9. The predicted octanol–water partition coefficient (Wildman–Crippen LogP) is 3.52. The number of ether oxygens (including phenoxy) is 3. The second kappa shape index (κ2) is 9.92. The Balaban J connectivity index is 1.42. The number of imidazole rings is 1. The summed E-state index contributed by atoms with van der Waals surface area (Å²) in [4.78, 5) is 18.1. The summed E-state index contributed by atoms with van der Waals surface area (Å²) in [5.41, 5.74) is 1.46. The number of methoxy groups -OCH3 is 1. The lowest BCUT2D eigenvalue weighted by Crippen LogP contribution is -2.39. The molecule has 10 nitrogen and oxygen atoms in total. The first-order valence-electron chi connectivity index (χ1n) is 11.6. The third-order valence-corrected chi connectivity index (χ3v) is 6.52. The van der Waals surface area contributed by atoms with Crippen LogP contribution < -0.4 is 9.47 Å². The first kappa shape index (κ1) is 25.4. The Bertz CT molecular complexity index is 1590. The third kappa shape index (κ3) is 5.24. The van der Waals surface area contributed by atoms with Crippen molar-refractivity contribution < 1.29 is 31.6 Å². The lowest BCUT2D eigenvalue weighted by atomic mass is 9.92. The Labute approximate surface area is 219 Å². The largest absolute Gasteiger partial charge is 0.497 e. The van der Waals surface area contributed by atoms with E-state index >= 15 is 0 Å². The molecular formula is C27H25N3O7S. The van der Waals surface area contributed by atoms with E-state index in [-0.39, 0.29) is 6.61 Å². The van der Waals surface area contributed by atoms with Crippen molar-refractivity contribution in [1.82, 2.24) is 14.6 Å². The van der Waals surface area contributed by atoms with Crippen LogP contribution >= 0.6 is 0 Å². The van der Waals surface area contributed by atoms with Gasteiger partial charge in [0.1, 0.15) is 30.5 Å². The van der Waals surface area contributed by atoms with E-state index in [0.717, 1.165) is 17.6 Å². The highest BCUT2D eigenvalue weighted by Gasteiger charge is 2.47. The maximum atomic E-state index is 13.6. The first-order valence-corrected chi connectivity index (χ1v) is 13.5. The summed E-state index contributed by atoms with van der Waals surface area (Å²) < 4.78 is 47.1. The molecule has 11 heteroatoms. The molecule has 1 atom stereocenters. The van der Waals surface area contributed by atoms with Crippen LogP contribution in [0, 0.1) is 0 Å². The van der Waals surface area contributed by atoms with Crippen molar-refractivity contribution in [2.45, 2.75) is 19.1 Å². The van der Waals surface area contributed by atoms with Gasteiger partial charge in [-0.15, -0.1) is 0 Å². The predicted molar refractivity (Wildman–Crippen MR) is 139 cm³/mol. The van der Waals surface area contributed by atoms with E-state index in [1.807, 2.05) is 12.1 Å². The van der Waals surface area contributed by atoms with Crippen LogP contribution in [0.3, 0.4) is 0 Å². The molecule has 1 unspecified atom stereocenters. The van der Waals surface area contributed by atoms with Crippen LogP contribution in [0.25, 0.3) is 17.0 Å². The summed E-state index contributed by atoms with van der Waals surface area (Å²) in [6, 6.07) is 17.7. The van der Waals surface area contributed by atoms with Gasteiger partial charge in [0.05, 0.1) is 30.8 Å². The zero-order valence-corrected chi connectivity index (χ0v) is 21.8. The number of Topliss-reactive ketones (excluding diaryl/α,β-unsaturated/α-hetero) is 1. The number of hydrogen-bond donors (Lipinski definition) is 0. The molecule has 1 aliphatic heterocycles. The van der Waals surface area contributed by atoms with Crippen molar-refractivity contribution in [1.29, 1.82) is 0 Å². The van der Waals surface area contributed by atoms with E-state index in [9.17, 15) is 13.2 Å². The number of rotatable bonds is 9. The van der Waals surface area contributed by atoms with Crippen molar-refractivity contribution in [3.63, 3.8) is 0 Å². The lowest BCUT2D eigenvalue weighted by Gasteiger charge is -2.23.